The van der Waals surface area contributed by atoms with E-state index in [0.29, 0.717) is 0 Å². The molecular formula is C18H20BrCl. The van der Waals surface area contributed by atoms with Crippen molar-refractivity contribution in [1.82, 2.24) is 0 Å². The summed E-state index contributed by atoms with van der Waals surface area (Å²) in [6.07, 6.45) is 0. The van der Waals surface area contributed by atoms with Crippen molar-refractivity contribution in [3.05, 3.63) is 68.2 Å². The first kappa shape index (κ1) is 15.6. The number of hydrogen-bond donors (Lipinski definition) is 0. The molecule has 0 fully saturated rings. The molecule has 106 valence electrons. The third-order valence-corrected chi connectivity index (χ3v) is 5.79. The summed E-state index contributed by atoms with van der Waals surface area (Å²) in [6, 6.07) is 8.04. The fraction of sp³-hybridized carbons (Fsp3) is 0.333. The van der Waals surface area contributed by atoms with Crippen LogP contribution in [0.25, 0.3) is 0 Å². The van der Waals surface area contributed by atoms with Crippen molar-refractivity contribution in [3.8, 4) is 0 Å². The van der Waals surface area contributed by atoms with Crippen LogP contribution in [0.15, 0.2) is 24.3 Å². The fourth-order valence-corrected chi connectivity index (χ4v) is 4.21. The predicted molar refractivity (Wildman–Crippen MR) is 92.3 cm³/mol. The lowest BCUT2D eigenvalue weighted by Crippen LogP contribution is -2.06. The lowest BCUT2D eigenvalue weighted by Gasteiger charge is -2.23. The summed E-state index contributed by atoms with van der Waals surface area (Å²) in [5, 5.41) is 0.809. The van der Waals surface area contributed by atoms with Crippen LogP contribution >= 0.6 is 27.5 Å². The highest BCUT2D eigenvalue weighted by atomic mass is 79.9. The molecule has 1 atom stereocenters. The van der Waals surface area contributed by atoms with Crippen molar-refractivity contribution in [3.63, 3.8) is 0 Å². The summed E-state index contributed by atoms with van der Waals surface area (Å²) in [5.41, 5.74) is 9.32. The molecule has 2 aromatic carbocycles. The molecule has 0 nitrogen and oxygen atoms in total. The molecule has 2 heteroatoms. The van der Waals surface area contributed by atoms with Crippen LogP contribution < -0.4 is 0 Å². The standard InChI is InChI=1S/C18H20BrCl/c1-10-11(2)13(4)17(14(5)12(10)3)18(19)15-8-6-7-9-16(15)20/h6-9,18H,1-5H3. The van der Waals surface area contributed by atoms with E-state index in [1.54, 1.807) is 0 Å². The maximum Gasteiger partial charge on any atom is 0.0664 e. The van der Waals surface area contributed by atoms with Crippen molar-refractivity contribution >= 4 is 27.5 Å². The number of alkyl halides is 1. The predicted octanol–water partition coefficient (Wildman–Crippen LogP) is 6.37. The van der Waals surface area contributed by atoms with Gasteiger partial charge in [-0.15, -0.1) is 0 Å². The summed E-state index contributed by atoms with van der Waals surface area (Å²) in [6.45, 7) is 11.0. The summed E-state index contributed by atoms with van der Waals surface area (Å²) >= 11 is 10.2. The molecule has 0 spiro atoms. The molecule has 2 rings (SSSR count). The zero-order valence-corrected chi connectivity index (χ0v) is 15.0. The second-order valence-corrected chi connectivity index (χ2v) is 6.75. The molecule has 0 saturated heterocycles. The van der Waals surface area contributed by atoms with Crippen LogP contribution in [0.4, 0.5) is 0 Å². The molecule has 0 aliphatic rings. The summed E-state index contributed by atoms with van der Waals surface area (Å²) in [7, 11) is 0. The number of hydrogen-bond acceptors (Lipinski definition) is 0. The molecule has 20 heavy (non-hydrogen) atoms. The SMILES string of the molecule is Cc1c(C)c(C)c(C(Br)c2ccccc2Cl)c(C)c1C. The van der Waals surface area contributed by atoms with Gasteiger partial charge in [0.05, 0.1) is 4.83 Å². The Hall–Kier alpha value is -0.790. The highest BCUT2D eigenvalue weighted by Gasteiger charge is 2.21. The maximum absolute atomic E-state index is 6.35. The summed E-state index contributed by atoms with van der Waals surface area (Å²) < 4.78 is 0. The molecule has 0 aliphatic heterocycles. The van der Waals surface area contributed by atoms with Gasteiger partial charge in [0, 0.05) is 5.02 Å². The molecule has 0 aliphatic carbocycles. The van der Waals surface area contributed by atoms with E-state index in [9.17, 15) is 0 Å². The molecule has 1 unspecified atom stereocenters. The first-order chi connectivity index (χ1) is 9.36. The summed E-state index contributed by atoms with van der Waals surface area (Å²) in [5.74, 6) is 0. The monoisotopic (exact) mass is 350 g/mol. The van der Waals surface area contributed by atoms with Gasteiger partial charge in [-0.2, -0.15) is 0 Å². The molecule has 0 amide bonds. The van der Waals surface area contributed by atoms with Crippen molar-refractivity contribution in [2.75, 3.05) is 0 Å². The maximum atomic E-state index is 6.35. The second-order valence-electron chi connectivity index (χ2n) is 5.42. The Bertz CT molecular complexity index is 630. The molecule has 0 heterocycles. The molecule has 0 aromatic heterocycles. The first-order valence-corrected chi connectivity index (χ1v) is 8.11. The van der Waals surface area contributed by atoms with Gasteiger partial charge in [-0.1, -0.05) is 45.7 Å². The van der Waals surface area contributed by atoms with Crippen LogP contribution in [0, 0.1) is 34.6 Å². The minimum Gasteiger partial charge on any atom is -0.0840 e. The van der Waals surface area contributed by atoms with E-state index < -0.39 is 0 Å². The van der Waals surface area contributed by atoms with Crippen LogP contribution in [0.1, 0.15) is 43.8 Å². The molecular weight excluding hydrogens is 332 g/mol. The third-order valence-electron chi connectivity index (χ3n) is 4.49. The Morgan fingerprint density at radius 1 is 0.800 bits per heavy atom. The smallest absolute Gasteiger partial charge is 0.0664 e. The Morgan fingerprint density at radius 2 is 1.25 bits per heavy atom. The van der Waals surface area contributed by atoms with Gasteiger partial charge >= 0.3 is 0 Å². The molecule has 0 saturated carbocycles. The Balaban J connectivity index is 2.68. The number of halogens is 2. The van der Waals surface area contributed by atoms with Crippen LogP contribution in [0.3, 0.4) is 0 Å². The average molecular weight is 352 g/mol. The van der Waals surface area contributed by atoms with Gasteiger partial charge < -0.3 is 0 Å². The van der Waals surface area contributed by atoms with Gasteiger partial charge in [0.2, 0.25) is 0 Å². The first-order valence-electron chi connectivity index (χ1n) is 6.81. The van der Waals surface area contributed by atoms with Gasteiger partial charge in [-0.25, -0.2) is 0 Å². The van der Waals surface area contributed by atoms with Gasteiger partial charge in [0.15, 0.2) is 0 Å². The van der Waals surface area contributed by atoms with Crippen LogP contribution in [-0.4, -0.2) is 0 Å². The molecule has 0 N–H and O–H groups in total. The van der Waals surface area contributed by atoms with Gasteiger partial charge in [0.1, 0.15) is 0 Å². The zero-order valence-electron chi connectivity index (χ0n) is 12.6. The lowest BCUT2D eigenvalue weighted by atomic mass is 9.87. The van der Waals surface area contributed by atoms with Gasteiger partial charge in [0.25, 0.3) is 0 Å². The lowest BCUT2D eigenvalue weighted by molar-refractivity contribution is 1.06. The van der Waals surface area contributed by atoms with Gasteiger partial charge in [-0.05, 0) is 79.6 Å². The minimum atomic E-state index is 0.134. The Labute approximate surface area is 135 Å². The van der Waals surface area contributed by atoms with Crippen LogP contribution in [0.2, 0.25) is 5.02 Å². The summed E-state index contributed by atoms with van der Waals surface area (Å²) in [4.78, 5) is 0.134. The van der Waals surface area contributed by atoms with Crippen molar-refractivity contribution in [1.29, 1.82) is 0 Å². The van der Waals surface area contributed by atoms with Gasteiger partial charge in [-0.3, -0.25) is 0 Å². The van der Waals surface area contributed by atoms with Crippen LogP contribution in [-0.2, 0) is 0 Å². The molecule has 2 aromatic rings. The Kier molecular flexibility index (Phi) is 4.61. The molecule has 0 radical (unpaired) electrons. The second kappa shape index (κ2) is 5.91. The highest BCUT2D eigenvalue weighted by molar-refractivity contribution is 9.09. The quantitative estimate of drug-likeness (QED) is 0.552. The third kappa shape index (κ3) is 2.54. The van der Waals surface area contributed by atoms with E-state index in [-0.39, 0.29) is 4.83 Å². The largest absolute Gasteiger partial charge is 0.0840 e. The minimum absolute atomic E-state index is 0.134. The van der Waals surface area contributed by atoms with E-state index in [2.05, 4.69) is 56.6 Å². The average Bonchev–Trinajstić information content (AvgIpc) is 2.43. The Morgan fingerprint density at radius 3 is 1.75 bits per heavy atom. The number of benzene rings is 2. The fourth-order valence-electron chi connectivity index (χ4n) is 2.75. The van der Waals surface area contributed by atoms with E-state index in [1.165, 1.54) is 33.4 Å². The van der Waals surface area contributed by atoms with E-state index in [0.717, 1.165) is 10.6 Å². The van der Waals surface area contributed by atoms with E-state index >= 15 is 0 Å². The highest BCUT2D eigenvalue weighted by Crippen LogP contribution is 2.40. The molecule has 0 bridgehead atoms. The zero-order chi connectivity index (χ0) is 15.0. The van der Waals surface area contributed by atoms with Crippen molar-refractivity contribution in [2.24, 2.45) is 0 Å². The van der Waals surface area contributed by atoms with Crippen LogP contribution in [0.5, 0.6) is 0 Å². The van der Waals surface area contributed by atoms with E-state index in [4.69, 9.17) is 11.6 Å². The number of rotatable bonds is 2. The van der Waals surface area contributed by atoms with Crippen molar-refractivity contribution < 1.29 is 0 Å². The topological polar surface area (TPSA) is 0 Å². The normalized spacial score (nSPS) is 12.6. The van der Waals surface area contributed by atoms with E-state index in [1.807, 2.05) is 18.2 Å². The van der Waals surface area contributed by atoms with Crippen molar-refractivity contribution in [2.45, 2.75) is 39.4 Å².